The average Bonchev–Trinajstić information content (AvgIpc) is 2.91. The van der Waals surface area contributed by atoms with Crippen molar-refractivity contribution in [2.24, 2.45) is 0 Å². The van der Waals surface area contributed by atoms with Crippen molar-refractivity contribution in [3.05, 3.63) is 77.9 Å². The van der Waals surface area contributed by atoms with Crippen molar-refractivity contribution in [3.63, 3.8) is 0 Å². The zero-order chi connectivity index (χ0) is 30.7. The molecule has 3 rings (SSSR count). The SMILES string of the molecule is COc1ccc(NC(=O)c2ccc(-c3ccccc3)cc2C)cc1OCCN(C(C)C)C(C)C.O=C(O)C(F)(F)F. The van der Waals surface area contributed by atoms with Gasteiger partial charge in [0, 0.05) is 35.9 Å². The third-order valence-corrected chi connectivity index (χ3v) is 6.18. The van der Waals surface area contributed by atoms with E-state index in [2.05, 4.69) is 50.0 Å². The van der Waals surface area contributed by atoms with Crippen molar-refractivity contribution >= 4 is 17.6 Å². The Morgan fingerprint density at radius 3 is 2.02 bits per heavy atom. The van der Waals surface area contributed by atoms with E-state index in [0.29, 0.717) is 41.4 Å². The number of carbonyl (C=O) groups is 2. The summed E-state index contributed by atoms with van der Waals surface area (Å²) >= 11 is 0. The topological polar surface area (TPSA) is 88.1 Å². The first-order valence-electron chi connectivity index (χ1n) is 13.1. The average molecular weight is 575 g/mol. The van der Waals surface area contributed by atoms with E-state index >= 15 is 0 Å². The Labute approximate surface area is 238 Å². The Bertz CT molecular complexity index is 1290. The summed E-state index contributed by atoms with van der Waals surface area (Å²) in [5.74, 6) is -1.66. The predicted octanol–water partition coefficient (Wildman–Crippen LogP) is 7.05. The van der Waals surface area contributed by atoms with Gasteiger partial charge >= 0.3 is 12.1 Å². The molecule has 0 aliphatic rings. The first-order valence-corrected chi connectivity index (χ1v) is 13.1. The highest BCUT2D eigenvalue weighted by atomic mass is 19.4. The lowest BCUT2D eigenvalue weighted by atomic mass is 9.99. The Hall–Kier alpha value is -4.05. The van der Waals surface area contributed by atoms with E-state index in [-0.39, 0.29) is 5.91 Å². The normalized spacial score (nSPS) is 11.2. The molecule has 0 spiro atoms. The van der Waals surface area contributed by atoms with Gasteiger partial charge < -0.3 is 19.9 Å². The van der Waals surface area contributed by atoms with Crippen molar-refractivity contribution in [1.82, 2.24) is 4.90 Å². The molecular weight excluding hydrogens is 537 g/mol. The minimum atomic E-state index is -5.08. The molecule has 0 aromatic heterocycles. The largest absolute Gasteiger partial charge is 0.493 e. The van der Waals surface area contributed by atoms with Crippen molar-refractivity contribution in [1.29, 1.82) is 0 Å². The predicted molar refractivity (Wildman–Crippen MR) is 154 cm³/mol. The van der Waals surface area contributed by atoms with Gasteiger partial charge in [-0.25, -0.2) is 4.79 Å². The van der Waals surface area contributed by atoms with Crippen LogP contribution in [0.1, 0.15) is 43.6 Å². The number of rotatable bonds is 10. The Morgan fingerprint density at radius 2 is 1.51 bits per heavy atom. The molecule has 7 nitrogen and oxygen atoms in total. The molecule has 0 atom stereocenters. The van der Waals surface area contributed by atoms with E-state index in [9.17, 15) is 18.0 Å². The van der Waals surface area contributed by atoms with Crippen LogP contribution in [-0.4, -0.2) is 60.4 Å². The lowest BCUT2D eigenvalue weighted by Crippen LogP contribution is -2.39. The van der Waals surface area contributed by atoms with Crippen LogP contribution in [0.4, 0.5) is 18.9 Å². The van der Waals surface area contributed by atoms with Gasteiger partial charge in [-0.3, -0.25) is 9.69 Å². The number of anilines is 1. The van der Waals surface area contributed by atoms with Crippen molar-refractivity contribution < 1.29 is 37.3 Å². The molecule has 0 aliphatic carbocycles. The number of hydrogen-bond donors (Lipinski definition) is 2. The first-order chi connectivity index (χ1) is 19.2. The molecule has 2 N–H and O–H groups in total. The van der Waals surface area contributed by atoms with Crippen LogP contribution in [0.5, 0.6) is 11.5 Å². The fraction of sp³-hybridized carbons (Fsp3) is 0.355. The number of amides is 1. The maximum Gasteiger partial charge on any atom is 0.490 e. The van der Waals surface area contributed by atoms with Gasteiger partial charge in [-0.05, 0) is 69.5 Å². The van der Waals surface area contributed by atoms with Gasteiger partial charge in [-0.15, -0.1) is 0 Å². The summed E-state index contributed by atoms with van der Waals surface area (Å²) in [7, 11) is 1.62. The number of benzene rings is 3. The number of carboxylic acids is 1. The van der Waals surface area contributed by atoms with E-state index in [1.807, 2.05) is 61.5 Å². The number of hydrogen-bond acceptors (Lipinski definition) is 5. The summed E-state index contributed by atoms with van der Waals surface area (Å²) in [5, 5.41) is 10.1. The minimum Gasteiger partial charge on any atom is -0.493 e. The Balaban J connectivity index is 0.000000745. The monoisotopic (exact) mass is 574 g/mol. The van der Waals surface area contributed by atoms with Gasteiger partial charge in [-0.1, -0.05) is 42.5 Å². The molecule has 222 valence electrons. The number of aryl methyl sites for hydroxylation is 1. The minimum absolute atomic E-state index is 0.154. The van der Waals surface area contributed by atoms with Crippen LogP contribution in [0.2, 0.25) is 0 Å². The number of ether oxygens (including phenoxy) is 2. The van der Waals surface area contributed by atoms with E-state index in [1.165, 1.54) is 0 Å². The van der Waals surface area contributed by atoms with Crippen LogP contribution in [0, 0.1) is 6.92 Å². The van der Waals surface area contributed by atoms with E-state index in [1.54, 1.807) is 7.11 Å². The summed E-state index contributed by atoms with van der Waals surface area (Å²) in [5.41, 5.74) is 4.44. The Morgan fingerprint density at radius 1 is 0.902 bits per heavy atom. The fourth-order valence-electron chi connectivity index (χ4n) is 4.17. The second kappa shape index (κ2) is 15.1. The number of methoxy groups -OCH3 is 1. The Kier molecular flexibility index (Phi) is 12.2. The van der Waals surface area contributed by atoms with Crippen LogP contribution in [-0.2, 0) is 4.79 Å². The number of halogens is 3. The maximum atomic E-state index is 13.0. The molecule has 0 fully saturated rings. The van der Waals surface area contributed by atoms with Crippen LogP contribution >= 0.6 is 0 Å². The standard InChI is InChI=1S/C29H36N2O3.C2HF3O2/c1-20(2)31(21(3)4)16-17-34-28-19-25(13-15-27(28)33-6)30-29(32)26-14-12-24(18-22(26)5)23-10-8-7-9-11-23;3-2(4,5)1(6)7/h7-15,18-21H,16-17H2,1-6H3,(H,30,32);(H,6,7). The fourth-order valence-corrected chi connectivity index (χ4v) is 4.17. The number of carboxylic acid groups (broad SMARTS) is 1. The number of aliphatic carboxylic acids is 1. The molecule has 0 heterocycles. The van der Waals surface area contributed by atoms with E-state index < -0.39 is 12.1 Å². The summed E-state index contributed by atoms with van der Waals surface area (Å²) in [6.45, 7) is 12.0. The molecule has 0 bridgehead atoms. The second-order valence-electron chi connectivity index (χ2n) is 9.79. The summed E-state index contributed by atoms with van der Waals surface area (Å²) < 4.78 is 43.3. The van der Waals surface area contributed by atoms with Gasteiger partial charge in [-0.2, -0.15) is 13.2 Å². The summed E-state index contributed by atoms with van der Waals surface area (Å²) in [6.07, 6.45) is -5.08. The highest BCUT2D eigenvalue weighted by molar-refractivity contribution is 6.05. The molecule has 0 saturated carbocycles. The van der Waals surface area contributed by atoms with Crippen LogP contribution in [0.25, 0.3) is 11.1 Å². The molecule has 3 aromatic carbocycles. The quantitative estimate of drug-likeness (QED) is 0.270. The third-order valence-electron chi connectivity index (χ3n) is 6.18. The van der Waals surface area contributed by atoms with E-state index in [0.717, 1.165) is 23.2 Å². The van der Waals surface area contributed by atoms with Crippen LogP contribution in [0.15, 0.2) is 66.7 Å². The van der Waals surface area contributed by atoms with Crippen molar-refractivity contribution in [2.45, 2.75) is 52.9 Å². The maximum absolute atomic E-state index is 13.0. The lowest BCUT2D eigenvalue weighted by Gasteiger charge is -2.30. The lowest BCUT2D eigenvalue weighted by molar-refractivity contribution is -0.192. The highest BCUT2D eigenvalue weighted by Gasteiger charge is 2.38. The number of nitrogens with one attached hydrogen (secondary N) is 1. The van der Waals surface area contributed by atoms with Crippen LogP contribution < -0.4 is 14.8 Å². The first kappa shape index (κ1) is 33.2. The molecule has 41 heavy (non-hydrogen) atoms. The van der Waals surface area contributed by atoms with Gasteiger partial charge in [0.1, 0.15) is 6.61 Å². The number of carbonyl (C=O) groups excluding carboxylic acids is 1. The molecule has 0 saturated heterocycles. The van der Waals surface area contributed by atoms with Gasteiger partial charge in [0.05, 0.1) is 7.11 Å². The second-order valence-corrected chi connectivity index (χ2v) is 9.79. The molecule has 10 heteroatoms. The smallest absolute Gasteiger partial charge is 0.490 e. The van der Waals surface area contributed by atoms with Crippen molar-refractivity contribution in [3.8, 4) is 22.6 Å². The van der Waals surface area contributed by atoms with Crippen LogP contribution in [0.3, 0.4) is 0 Å². The number of nitrogens with zero attached hydrogens (tertiary/aromatic N) is 1. The summed E-state index contributed by atoms with van der Waals surface area (Å²) in [4.78, 5) is 24.3. The molecular formula is C31H37F3N2O5. The van der Waals surface area contributed by atoms with Gasteiger partial charge in [0.2, 0.25) is 0 Å². The molecule has 3 aromatic rings. The third kappa shape index (κ3) is 10.1. The van der Waals surface area contributed by atoms with Gasteiger partial charge in [0.15, 0.2) is 11.5 Å². The molecule has 0 radical (unpaired) electrons. The molecule has 0 unspecified atom stereocenters. The van der Waals surface area contributed by atoms with Crippen molar-refractivity contribution in [2.75, 3.05) is 25.6 Å². The number of alkyl halides is 3. The molecule has 0 aliphatic heterocycles. The van der Waals surface area contributed by atoms with Gasteiger partial charge in [0.25, 0.3) is 5.91 Å². The highest BCUT2D eigenvalue weighted by Crippen LogP contribution is 2.31. The summed E-state index contributed by atoms with van der Waals surface area (Å²) in [6, 6.07) is 22.4. The molecule has 1 amide bonds. The van der Waals surface area contributed by atoms with E-state index in [4.69, 9.17) is 19.4 Å². The zero-order valence-electron chi connectivity index (χ0n) is 24.1. The zero-order valence-corrected chi connectivity index (χ0v) is 24.1.